The molecular formula is C20H22N2. The van der Waals surface area contributed by atoms with Gasteiger partial charge in [-0.25, -0.2) is 0 Å². The molecule has 22 heavy (non-hydrogen) atoms. The van der Waals surface area contributed by atoms with Crippen molar-refractivity contribution in [1.82, 2.24) is 4.90 Å². The Morgan fingerprint density at radius 1 is 0.955 bits per heavy atom. The van der Waals surface area contributed by atoms with Crippen LogP contribution in [0.25, 0.3) is 0 Å². The molecule has 2 rings (SSSR count). The molecule has 0 saturated heterocycles. The average molecular weight is 290 g/mol. The van der Waals surface area contributed by atoms with Gasteiger partial charge in [-0.05, 0) is 17.5 Å². The molecule has 2 nitrogen and oxygen atoms in total. The maximum absolute atomic E-state index is 9.13. The molecule has 0 heterocycles. The van der Waals surface area contributed by atoms with Crippen LogP contribution in [0.3, 0.4) is 0 Å². The average Bonchev–Trinajstić information content (AvgIpc) is 2.56. The highest BCUT2D eigenvalue weighted by molar-refractivity contribution is 5.17. The quantitative estimate of drug-likeness (QED) is 0.667. The number of rotatable bonds is 8. The molecular weight excluding hydrogens is 268 g/mol. The summed E-state index contributed by atoms with van der Waals surface area (Å²) in [7, 11) is 0. The van der Waals surface area contributed by atoms with E-state index in [9.17, 15) is 0 Å². The van der Waals surface area contributed by atoms with Gasteiger partial charge in [0.05, 0.1) is 12.5 Å². The third-order valence-electron chi connectivity index (χ3n) is 3.74. The van der Waals surface area contributed by atoms with Gasteiger partial charge in [-0.15, -0.1) is 6.58 Å². The van der Waals surface area contributed by atoms with Gasteiger partial charge in [0, 0.05) is 19.1 Å². The fourth-order valence-corrected chi connectivity index (χ4v) is 2.61. The lowest BCUT2D eigenvalue weighted by Crippen LogP contribution is -2.33. The molecule has 0 aliphatic rings. The third-order valence-corrected chi connectivity index (χ3v) is 3.74. The second kappa shape index (κ2) is 8.81. The maximum atomic E-state index is 9.13. The molecule has 112 valence electrons. The van der Waals surface area contributed by atoms with E-state index in [1.165, 1.54) is 11.1 Å². The minimum atomic E-state index is 0.197. The van der Waals surface area contributed by atoms with Crippen LogP contribution < -0.4 is 0 Å². The number of hydrogen-bond donors (Lipinski definition) is 0. The van der Waals surface area contributed by atoms with Crippen molar-refractivity contribution in [3.8, 4) is 6.07 Å². The normalized spacial score (nSPS) is 11.8. The van der Waals surface area contributed by atoms with Gasteiger partial charge < -0.3 is 0 Å². The standard InChI is InChI=1S/C20H22N2/c1-2-9-20(14-15-21)22(16-18-10-5-3-6-11-18)17-19-12-7-4-8-13-19/h2-8,10-13,20H,1,9,14,16-17H2. The van der Waals surface area contributed by atoms with E-state index in [4.69, 9.17) is 5.26 Å². The molecule has 1 atom stereocenters. The summed E-state index contributed by atoms with van der Waals surface area (Å²) in [5, 5.41) is 9.13. The molecule has 1 unspecified atom stereocenters. The van der Waals surface area contributed by atoms with E-state index < -0.39 is 0 Å². The molecule has 0 aromatic heterocycles. The minimum absolute atomic E-state index is 0.197. The molecule has 2 aromatic rings. The highest BCUT2D eigenvalue weighted by Crippen LogP contribution is 2.17. The largest absolute Gasteiger partial charge is 0.291 e. The van der Waals surface area contributed by atoms with Crippen molar-refractivity contribution < 1.29 is 0 Å². The molecule has 0 aliphatic carbocycles. The molecule has 0 radical (unpaired) electrons. The lowest BCUT2D eigenvalue weighted by molar-refractivity contribution is 0.180. The van der Waals surface area contributed by atoms with Gasteiger partial charge >= 0.3 is 0 Å². The highest BCUT2D eigenvalue weighted by Gasteiger charge is 2.17. The van der Waals surface area contributed by atoms with Crippen LogP contribution in [0.2, 0.25) is 0 Å². The number of benzene rings is 2. The lowest BCUT2D eigenvalue weighted by Gasteiger charge is -2.30. The predicted octanol–water partition coefficient (Wildman–Crippen LogP) is 4.55. The minimum Gasteiger partial charge on any atom is -0.291 e. The van der Waals surface area contributed by atoms with Crippen LogP contribution in [-0.2, 0) is 13.1 Å². The summed E-state index contributed by atoms with van der Waals surface area (Å²) < 4.78 is 0. The Bertz CT molecular complexity index is 557. The van der Waals surface area contributed by atoms with Crippen LogP contribution >= 0.6 is 0 Å². The molecule has 2 aromatic carbocycles. The van der Waals surface area contributed by atoms with Crippen molar-refractivity contribution in [2.45, 2.75) is 32.0 Å². The first-order valence-electron chi connectivity index (χ1n) is 7.63. The van der Waals surface area contributed by atoms with E-state index >= 15 is 0 Å². The van der Waals surface area contributed by atoms with Crippen molar-refractivity contribution in [2.24, 2.45) is 0 Å². The predicted molar refractivity (Wildman–Crippen MR) is 91.0 cm³/mol. The van der Waals surface area contributed by atoms with Gasteiger partial charge in [-0.1, -0.05) is 66.7 Å². The van der Waals surface area contributed by atoms with E-state index in [0.29, 0.717) is 6.42 Å². The second-order valence-electron chi connectivity index (χ2n) is 5.42. The number of nitrogens with zero attached hydrogens (tertiary/aromatic N) is 2. The Labute approximate surface area is 133 Å². The molecule has 0 fully saturated rings. The number of nitriles is 1. The zero-order valence-electron chi connectivity index (χ0n) is 12.9. The van der Waals surface area contributed by atoms with Gasteiger partial charge in [0.15, 0.2) is 0 Å². The van der Waals surface area contributed by atoms with Crippen molar-refractivity contribution >= 4 is 0 Å². The van der Waals surface area contributed by atoms with Gasteiger partial charge in [0.1, 0.15) is 0 Å². The second-order valence-corrected chi connectivity index (χ2v) is 5.42. The Morgan fingerprint density at radius 2 is 1.45 bits per heavy atom. The molecule has 0 amide bonds. The van der Waals surface area contributed by atoms with Gasteiger partial charge in [0.2, 0.25) is 0 Å². The van der Waals surface area contributed by atoms with Crippen LogP contribution in [0.15, 0.2) is 73.3 Å². The third kappa shape index (κ3) is 4.87. The lowest BCUT2D eigenvalue weighted by atomic mass is 10.1. The number of hydrogen-bond acceptors (Lipinski definition) is 2. The summed E-state index contributed by atoms with van der Waals surface area (Å²) >= 11 is 0. The Hall–Kier alpha value is -2.37. The Morgan fingerprint density at radius 3 is 1.86 bits per heavy atom. The topological polar surface area (TPSA) is 27.0 Å². The molecule has 0 aliphatic heterocycles. The molecule has 0 N–H and O–H groups in total. The van der Waals surface area contributed by atoms with Crippen LogP contribution in [0.1, 0.15) is 24.0 Å². The zero-order valence-corrected chi connectivity index (χ0v) is 12.9. The van der Waals surface area contributed by atoms with Crippen molar-refractivity contribution in [2.75, 3.05) is 0 Å². The maximum Gasteiger partial charge on any atom is 0.0638 e. The summed E-state index contributed by atoms with van der Waals surface area (Å²) in [5.74, 6) is 0. The monoisotopic (exact) mass is 290 g/mol. The first kappa shape index (κ1) is 16.0. The summed E-state index contributed by atoms with van der Waals surface area (Å²) in [6.07, 6.45) is 3.25. The van der Waals surface area contributed by atoms with Crippen molar-refractivity contribution in [3.05, 3.63) is 84.4 Å². The first-order valence-corrected chi connectivity index (χ1v) is 7.63. The fourth-order valence-electron chi connectivity index (χ4n) is 2.61. The Kier molecular flexibility index (Phi) is 6.41. The fraction of sp³-hybridized carbons (Fsp3) is 0.250. The van der Waals surface area contributed by atoms with E-state index in [1.807, 2.05) is 18.2 Å². The van der Waals surface area contributed by atoms with E-state index in [0.717, 1.165) is 19.5 Å². The smallest absolute Gasteiger partial charge is 0.0638 e. The van der Waals surface area contributed by atoms with Gasteiger partial charge in [-0.3, -0.25) is 4.90 Å². The zero-order chi connectivity index (χ0) is 15.6. The van der Waals surface area contributed by atoms with Gasteiger partial charge in [0.25, 0.3) is 0 Å². The van der Waals surface area contributed by atoms with Crippen LogP contribution in [0.5, 0.6) is 0 Å². The molecule has 0 saturated carbocycles. The summed E-state index contributed by atoms with van der Waals surface area (Å²) in [4.78, 5) is 2.37. The summed E-state index contributed by atoms with van der Waals surface area (Å²) in [5.41, 5.74) is 2.54. The first-order chi connectivity index (χ1) is 10.8. The van der Waals surface area contributed by atoms with Crippen molar-refractivity contribution in [3.63, 3.8) is 0 Å². The van der Waals surface area contributed by atoms with Crippen molar-refractivity contribution in [1.29, 1.82) is 5.26 Å². The van der Waals surface area contributed by atoms with E-state index in [2.05, 4.69) is 66.1 Å². The molecule has 0 spiro atoms. The van der Waals surface area contributed by atoms with Crippen LogP contribution in [0, 0.1) is 11.3 Å². The van der Waals surface area contributed by atoms with Crippen LogP contribution in [0.4, 0.5) is 0 Å². The van der Waals surface area contributed by atoms with E-state index in [1.54, 1.807) is 0 Å². The SMILES string of the molecule is C=CCC(CC#N)N(Cc1ccccc1)Cc1ccccc1. The van der Waals surface area contributed by atoms with Gasteiger partial charge in [-0.2, -0.15) is 5.26 Å². The summed E-state index contributed by atoms with van der Waals surface area (Å²) in [6, 6.07) is 23.3. The van der Waals surface area contributed by atoms with E-state index in [-0.39, 0.29) is 6.04 Å². The summed E-state index contributed by atoms with van der Waals surface area (Å²) in [6.45, 7) is 5.53. The molecule has 2 heteroatoms. The highest BCUT2D eigenvalue weighted by atomic mass is 15.1. The molecule has 0 bridgehead atoms. The van der Waals surface area contributed by atoms with Crippen LogP contribution in [-0.4, -0.2) is 10.9 Å². The Balaban J connectivity index is 2.18.